The Kier molecular flexibility index (Phi) is 2.63. The van der Waals surface area contributed by atoms with E-state index in [0.717, 1.165) is 24.0 Å². The van der Waals surface area contributed by atoms with Crippen LogP contribution in [0.5, 0.6) is 0 Å². The van der Waals surface area contributed by atoms with Gasteiger partial charge in [0, 0.05) is 11.8 Å². The molecule has 0 unspecified atom stereocenters. The first-order chi connectivity index (χ1) is 8.75. The Morgan fingerprint density at radius 1 is 1.22 bits per heavy atom. The lowest BCUT2D eigenvalue weighted by Crippen LogP contribution is -2.35. The summed E-state index contributed by atoms with van der Waals surface area (Å²) in [5.74, 6) is -1.00. The van der Waals surface area contributed by atoms with Crippen LogP contribution in [0.2, 0.25) is 0 Å². The fourth-order valence-electron chi connectivity index (χ4n) is 2.39. The molecule has 0 amide bonds. The molecule has 1 saturated carbocycles. The molecule has 2 aromatic rings. The molecule has 4 heteroatoms. The van der Waals surface area contributed by atoms with Crippen molar-refractivity contribution in [3.63, 3.8) is 0 Å². The zero-order chi connectivity index (χ0) is 12.5. The summed E-state index contributed by atoms with van der Waals surface area (Å²) in [5.41, 5.74) is 2.14. The van der Waals surface area contributed by atoms with Crippen LogP contribution < -0.4 is 0 Å². The van der Waals surface area contributed by atoms with E-state index in [2.05, 4.69) is 5.10 Å². The van der Waals surface area contributed by atoms with Gasteiger partial charge in [-0.05, 0) is 18.4 Å². The van der Waals surface area contributed by atoms with Gasteiger partial charge in [-0.2, -0.15) is 5.10 Å². The quantitative estimate of drug-likeness (QED) is 0.900. The van der Waals surface area contributed by atoms with Crippen molar-refractivity contribution < 1.29 is 9.90 Å². The Balaban J connectivity index is 1.84. The molecule has 18 heavy (non-hydrogen) atoms. The third kappa shape index (κ3) is 1.79. The van der Waals surface area contributed by atoms with Crippen LogP contribution in [0.15, 0.2) is 42.7 Å². The number of aromatic nitrogens is 2. The van der Waals surface area contributed by atoms with Crippen molar-refractivity contribution in [3.05, 3.63) is 42.7 Å². The summed E-state index contributed by atoms with van der Waals surface area (Å²) in [6.07, 6.45) is 5.38. The molecule has 1 fully saturated rings. The van der Waals surface area contributed by atoms with Gasteiger partial charge >= 0.3 is 5.97 Å². The van der Waals surface area contributed by atoms with Crippen molar-refractivity contribution in [2.24, 2.45) is 5.92 Å². The maximum Gasteiger partial charge on any atom is 0.308 e. The Hall–Kier alpha value is -2.10. The minimum absolute atomic E-state index is 0.0139. The number of hydrogen-bond donors (Lipinski definition) is 1. The molecule has 92 valence electrons. The summed E-state index contributed by atoms with van der Waals surface area (Å²) in [5, 5.41) is 13.3. The van der Waals surface area contributed by atoms with Crippen molar-refractivity contribution in [2.75, 3.05) is 0 Å². The van der Waals surface area contributed by atoms with Crippen LogP contribution in [0, 0.1) is 5.92 Å². The maximum atomic E-state index is 11.0. The second-order valence-electron chi connectivity index (χ2n) is 4.66. The number of rotatable bonds is 3. The van der Waals surface area contributed by atoms with Crippen LogP contribution in [-0.4, -0.2) is 20.9 Å². The Morgan fingerprint density at radius 3 is 2.61 bits per heavy atom. The van der Waals surface area contributed by atoms with E-state index in [4.69, 9.17) is 5.11 Å². The summed E-state index contributed by atoms with van der Waals surface area (Å²) >= 11 is 0. The number of aliphatic carboxylic acids is 1. The van der Waals surface area contributed by atoms with E-state index in [1.54, 1.807) is 10.9 Å². The molecule has 1 aliphatic rings. The normalized spacial score (nSPS) is 22.4. The van der Waals surface area contributed by atoms with Gasteiger partial charge in [-0.15, -0.1) is 0 Å². The number of benzene rings is 1. The van der Waals surface area contributed by atoms with E-state index in [0.29, 0.717) is 0 Å². The van der Waals surface area contributed by atoms with Gasteiger partial charge in [0.1, 0.15) is 0 Å². The first kappa shape index (κ1) is 11.0. The van der Waals surface area contributed by atoms with Crippen LogP contribution in [0.3, 0.4) is 0 Å². The van der Waals surface area contributed by atoms with Crippen LogP contribution in [0.4, 0.5) is 0 Å². The summed E-state index contributed by atoms with van der Waals surface area (Å²) in [7, 11) is 0. The molecule has 4 nitrogen and oxygen atoms in total. The van der Waals surface area contributed by atoms with Gasteiger partial charge in [0.15, 0.2) is 0 Å². The summed E-state index contributed by atoms with van der Waals surface area (Å²) in [6.45, 7) is 0. The molecule has 1 aromatic heterocycles. The fraction of sp³-hybridized carbons (Fsp3) is 0.286. The molecule has 1 aromatic carbocycles. The van der Waals surface area contributed by atoms with Gasteiger partial charge in [-0.3, -0.25) is 9.48 Å². The van der Waals surface area contributed by atoms with Crippen molar-refractivity contribution in [2.45, 2.75) is 18.9 Å². The molecule has 1 aliphatic carbocycles. The summed E-state index contributed by atoms with van der Waals surface area (Å²) < 4.78 is 1.80. The molecule has 2 atom stereocenters. The van der Waals surface area contributed by atoms with Crippen LogP contribution in [0.25, 0.3) is 11.1 Å². The second kappa shape index (κ2) is 4.29. The molecule has 0 aliphatic heterocycles. The lowest BCUT2D eigenvalue weighted by Gasteiger charge is -2.33. The van der Waals surface area contributed by atoms with Crippen LogP contribution in [0.1, 0.15) is 18.9 Å². The van der Waals surface area contributed by atoms with E-state index in [-0.39, 0.29) is 12.0 Å². The predicted octanol–water partition coefficient (Wildman–Crippen LogP) is 2.59. The second-order valence-corrected chi connectivity index (χ2v) is 4.66. The highest BCUT2D eigenvalue weighted by Crippen LogP contribution is 2.38. The van der Waals surface area contributed by atoms with Gasteiger partial charge in [0.05, 0.1) is 18.2 Å². The van der Waals surface area contributed by atoms with E-state index in [9.17, 15) is 4.79 Å². The topological polar surface area (TPSA) is 55.1 Å². The highest BCUT2D eigenvalue weighted by atomic mass is 16.4. The van der Waals surface area contributed by atoms with Gasteiger partial charge in [-0.1, -0.05) is 30.3 Å². The molecule has 0 bridgehead atoms. The molecule has 1 N–H and O–H groups in total. The highest BCUT2D eigenvalue weighted by Gasteiger charge is 2.38. The van der Waals surface area contributed by atoms with Crippen molar-refractivity contribution in [1.29, 1.82) is 0 Å². The zero-order valence-electron chi connectivity index (χ0n) is 9.86. The van der Waals surface area contributed by atoms with Crippen LogP contribution in [-0.2, 0) is 4.79 Å². The van der Waals surface area contributed by atoms with E-state index < -0.39 is 5.97 Å². The number of carboxylic acids is 1. The first-order valence-corrected chi connectivity index (χ1v) is 6.08. The predicted molar refractivity (Wildman–Crippen MR) is 67.1 cm³/mol. The number of nitrogens with zero attached hydrogens (tertiary/aromatic N) is 2. The standard InChI is InChI=1S/C14H14N2O2/c17-14(18)12-6-7-13(12)16-9-11(8-15-16)10-4-2-1-3-5-10/h1-5,8-9,12-13H,6-7H2,(H,17,18)/t12-,13+/m1/s1. The van der Waals surface area contributed by atoms with E-state index in [1.165, 1.54) is 0 Å². The van der Waals surface area contributed by atoms with E-state index in [1.807, 2.05) is 36.5 Å². The Labute approximate surface area is 105 Å². The Bertz CT molecular complexity index is 562. The van der Waals surface area contributed by atoms with Crippen molar-refractivity contribution in [1.82, 2.24) is 9.78 Å². The summed E-state index contributed by atoms with van der Waals surface area (Å²) in [6, 6.07) is 10.0. The van der Waals surface area contributed by atoms with Gasteiger partial charge < -0.3 is 5.11 Å². The Morgan fingerprint density at radius 2 is 2.00 bits per heavy atom. The lowest BCUT2D eigenvalue weighted by atomic mass is 9.80. The van der Waals surface area contributed by atoms with Gasteiger partial charge in [-0.25, -0.2) is 0 Å². The van der Waals surface area contributed by atoms with Crippen molar-refractivity contribution in [3.8, 4) is 11.1 Å². The average molecular weight is 242 g/mol. The minimum atomic E-state index is -0.719. The van der Waals surface area contributed by atoms with Gasteiger partial charge in [0.2, 0.25) is 0 Å². The summed E-state index contributed by atoms with van der Waals surface area (Å²) in [4.78, 5) is 11.0. The first-order valence-electron chi connectivity index (χ1n) is 6.08. The van der Waals surface area contributed by atoms with Crippen molar-refractivity contribution >= 4 is 5.97 Å². The highest BCUT2D eigenvalue weighted by molar-refractivity contribution is 5.71. The fourth-order valence-corrected chi connectivity index (χ4v) is 2.39. The molecular weight excluding hydrogens is 228 g/mol. The molecule has 0 saturated heterocycles. The zero-order valence-corrected chi connectivity index (χ0v) is 9.86. The molecule has 3 rings (SSSR count). The van der Waals surface area contributed by atoms with Gasteiger partial charge in [0.25, 0.3) is 0 Å². The monoisotopic (exact) mass is 242 g/mol. The molecule has 0 radical (unpaired) electrons. The number of hydrogen-bond acceptors (Lipinski definition) is 2. The maximum absolute atomic E-state index is 11.0. The molecule has 0 spiro atoms. The number of carboxylic acid groups (broad SMARTS) is 1. The third-order valence-corrected chi connectivity index (χ3v) is 3.60. The largest absolute Gasteiger partial charge is 0.481 e. The third-order valence-electron chi connectivity index (χ3n) is 3.60. The average Bonchev–Trinajstić information content (AvgIpc) is 2.77. The lowest BCUT2D eigenvalue weighted by molar-refractivity contribution is -0.147. The smallest absolute Gasteiger partial charge is 0.308 e. The van der Waals surface area contributed by atoms with E-state index >= 15 is 0 Å². The van der Waals surface area contributed by atoms with Crippen LogP contribution >= 0.6 is 0 Å². The molecule has 1 heterocycles. The molecular formula is C14H14N2O2. The number of carbonyl (C=O) groups is 1. The minimum Gasteiger partial charge on any atom is -0.481 e. The SMILES string of the molecule is O=C(O)[C@@H]1CC[C@@H]1n1cc(-c2ccccc2)cn1.